The zero-order chi connectivity index (χ0) is 15.8. The first-order valence-corrected chi connectivity index (χ1v) is 6.60. The zero-order valence-electron chi connectivity index (χ0n) is 12.0. The minimum absolute atomic E-state index is 0.236. The summed E-state index contributed by atoms with van der Waals surface area (Å²) < 4.78 is 15.4. The van der Waals surface area contributed by atoms with Crippen molar-refractivity contribution in [1.82, 2.24) is 15.3 Å². The van der Waals surface area contributed by atoms with Crippen LogP contribution >= 0.6 is 0 Å². The van der Waals surface area contributed by atoms with Crippen LogP contribution in [0.1, 0.15) is 0 Å². The quantitative estimate of drug-likeness (QED) is 0.418. The molecule has 0 radical (unpaired) electrons. The summed E-state index contributed by atoms with van der Waals surface area (Å²) in [5, 5.41) is 13.7. The van der Waals surface area contributed by atoms with Gasteiger partial charge in [-0.05, 0) is 6.07 Å². The maximum Gasteiger partial charge on any atom is 0.433 e. The third-order valence-corrected chi connectivity index (χ3v) is 2.65. The van der Waals surface area contributed by atoms with Crippen molar-refractivity contribution in [2.75, 3.05) is 33.4 Å². The van der Waals surface area contributed by atoms with Crippen LogP contribution in [-0.2, 0) is 4.74 Å². The average Bonchev–Trinajstić information content (AvgIpc) is 3.01. The van der Waals surface area contributed by atoms with Crippen molar-refractivity contribution >= 4 is 5.88 Å². The number of aromatic nitrogens is 2. The highest BCUT2D eigenvalue weighted by Gasteiger charge is 2.14. The maximum absolute atomic E-state index is 10.5. The fourth-order valence-electron chi connectivity index (χ4n) is 1.60. The summed E-state index contributed by atoms with van der Waals surface area (Å²) in [6.45, 7) is 2.55. The molecule has 2 aromatic rings. The van der Waals surface area contributed by atoms with Gasteiger partial charge in [-0.15, -0.1) is 0 Å². The molecule has 0 spiro atoms. The summed E-state index contributed by atoms with van der Waals surface area (Å²) in [5.74, 6) is 0.664. The SMILES string of the molecule is COCCNCCOc1cnc(-c2ccc([N+](=O)[O-])o2)nc1. The Bertz CT molecular complexity index is 599. The third kappa shape index (κ3) is 4.50. The van der Waals surface area contributed by atoms with E-state index >= 15 is 0 Å². The Labute approximate surface area is 126 Å². The number of nitrogens with zero attached hydrogens (tertiary/aromatic N) is 3. The first kappa shape index (κ1) is 15.9. The van der Waals surface area contributed by atoms with Crippen LogP contribution in [0, 0.1) is 10.1 Å². The van der Waals surface area contributed by atoms with E-state index in [0.29, 0.717) is 25.5 Å². The lowest BCUT2D eigenvalue weighted by atomic mass is 10.4. The molecule has 9 heteroatoms. The highest BCUT2D eigenvalue weighted by atomic mass is 16.6. The molecule has 0 atom stereocenters. The molecule has 2 rings (SSSR count). The number of methoxy groups -OCH3 is 1. The predicted octanol–water partition coefficient (Wildman–Crippen LogP) is 1.26. The van der Waals surface area contributed by atoms with Crippen LogP contribution in [0.4, 0.5) is 5.88 Å². The first-order valence-electron chi connectivity index (χ1n) is 6.60. The average molecular weight is 308 g/mol. The standard InChI is InChI=1S/C13H16N4O5/c1-20-6-4-14-5-7-21-10-8-15-13(16-9-10)11-2-3-12(22-11)17(18)19/h2-3,8-9,14H,4-7H2,1H3. The summed E-state index contributed by atoms with van der Waals surface area (Å²) in [6.07, 6.45) is 2.98. The van der Waals surface area contributed by atoms with Gasteiger partial charge in [0.1, 0.15) is 11.5 Å². The summed E-state index contributed by atoms with van der Waals surface area (Å²) in [4.78, 5) is 18.1. The van der Waals surface area contributed by atoms with Crippen LogP contribution in [0.15, 0.2) is 28.9 Å². The van der Waals surface area contributed by atoms with Gasteiger partial charge in [-0.25, -0.2) is 9.97 Å². The lowest BCUT2D eigenvalue weighted by molar-refractivity contribution is -0.401. The molecule has 0 saturated heterocycles. The number of ether oxygens (including phenoxy) is 2. The lowest BCUT2D eigenvalue weighted by Gasteiger charge is -2.06. The molecule has 9 nitrogen and oxygen atoms in total. The van der Waals surface area contributed by atoms with Crippen LogP contribution in [0.5, 0.6) is 5.75 Å². The van der Waals surface area contributed by atoms with Crippen LogP contribution in [0.25, 0.3) is 11.6 Å². The van der Waals surface area contributed by atoms with Gasteiger partial charge in [0, 0.05) is 20.2 Å². The molecule has 0 aliphatic heterocycles. The molecule has 0 saturated carbocycles. The maximum atomic E-state index is 10.5. The molecule has 0 amide bonds. The second kappa shape index (κ2) is 8.05. The highest BCUT2D eigenvalue weighted by molar-refractivity contribution is 5.48. The molecule has 0 bridgehead atoms. The number of rotatable bonds is 9. The Hall–Kier alpha value is -2.52. The van der Waals surface area contributed by atoms with E-state index in [-0.39, 0.29) is 17.5 Å². The molecule has 0 unspecified atom stereocenters. The number of nitrogens with one attached hydrogen (secondary N) is 1. The topological polar surface area (TPSA) is 113 Å². The first-order chi connectivity index (χ1) is 10.7. The Morgan fingerprint density at radius 2 is 2.00 bits per heavy atom. The largest absolute Gasteiger partial charge is 0.489 e. The van der Waals surface area contributed by atoms with E-state index in [4.69, 9.17) is 13.9 Å². The molecule has 0 aliphatic rings. The van der Waals surface area contributed by atoms with E-state index in [1.54, 1.807) is 7.11 Å². The van der Waals surface area contributed by atoms with Gasteiger partial charge in [-0.3, -0.25) is 10.1 Å². The smallest absolute Gasteiger partial charge is 0.433 e. The number of nitro groups is 1. The molecule has 2 heterocycles. The minimum atomic E-state index is -0.614. The van der Waals surface area contributed by atoms with E-state index in [9.17, 15) is 10.1 Å². The highest BCUT2D eigenvalue weighted by Crippen LogP contribution is 2.23. The van der Waals surface area contributed by atoms with Crippen LogP contribution < -0.4 is 10.1 Å². The molecule has 1 N–H and O–H groups in total. The van der Waals surface area contributed by atoms with Crippen molar-refractivity contribution in [1.29, 1.82) is 0 Å². The van der Waals surface area contributed by atoms with Crippen molar-refractivity contribution in [2.45, 2.75) is 0 Å². The lowest BCUT2D eigenvalue weighted by Crippen LogP contribution is -2.24. The van der Waals surface area contributed by atoms with Gasteiger partial charge in [-0.2, -0.15) is 0 Å². The number of furan rings is 1. The van der Waals surface area contributed by atoms with Crippen LogP contribution in [0.2, 0.25) is 0 Å². The van der Waals surface area contributed by atoms with Gasteiger partial charge >= 0.3 is 5.88 Å². The van der Waals surface area contributed by atoms with E-state index in [0.717, 1.165) is 6.54 Å². The van der Waals surface area contributed by atoms with Crippen molar-refractivity contribution in [3.8, 4) is 17.3 Å². The Morgan fingerprint density at radius 1 is 1.27 bits per heavy atom. The summed E-state index contributed by atoms with van der Waals surface area (Å²) >= 11 is 0. The van der Waals surface area contributed by atoms with Crippen molar-refractivity contribution < 1.29 is 18.8 Å². The van der Waals surface area contributed by atoms with Crippen molar-refractivity contribution in [3.63, 3.8) is 0 Å². The van der Waals surface area contributed by atoms with Gasteiger partial charge in [0.2, 0.25) is 0 Å². The molecule has 0 aliphatic carbocycles. The van der Waals surface area contributed by atoms with Crippen molar-refractivity contribution in [3.05, 3.63) is 34.6 Å². The predicted molar refractivity (Wildman–Crippen MR) is 76.6 cm³/mol. The summed E-state index contributed by atoms with van der Waals surface area (Å²) in [5.41, 5.74) is 0. The Kier molecular flexibility index (Phi) is 5.81. The Balaban J connectivity index is 1.83. The molecular formula is C13H16N4O5. The van der Waals surface area contributed by atoms with Gasteiger partial charge in [0.25, 0.3) is 0 Å². The molecule has 0 aromatic carbocycles. The van der Waals surface area contributed by atoms with Crippen LogP contribution in [0.3, 0.4) is 0 Å². The van der Waals surface area contributed by atoms with Gasteiger partial charge in [0.15, 0.2) is 17.3 Å². The third-order valence-electron chi connectivity index (χ3n) is 2.65. The van der Waals surface area contributed by atoms with E-state index in [1.165, 1.54) is 24.5 Å². The monoisotopic (exact) mass is 308 g/mol. The Morgan fingerprint density at radius 3 is 2.64 bits per heavy atom. The molecule has 2 aromatic heterocycles. The van der Waals surface area contributed by atoms with E-state index in [1.807, 2.05) is 0 Å². The van der Waals surface area contributed by atoms with Crippen molar-refractivity contribution in [2.24, 2.45) is 0 Å². The molecular weight excluding hydrogens is 292 g/mol. The number of hydrogen-bond donors (Lipinski definition) is 1. The summed E-state index contributed by atoms with van der Waals surface area (Å²) in [6, 6.07) is 2.71. The second-order valence-corrected chi connectivity index (χ2v) is 4.23. The van der Waals surface area contributed by atoms with Crippen LogP contribution in [-0.4, -0.2) is 48.3 Å². The van der Waals surface area contributed by atoms with E-state index in [2.05, 4.69) is 15.3 Å². The van der Waals surface area contributed by atoms with Gasteiger partial charge in [-0.1, -0.05) is 0 Å². The molecule has 0 fully saturated rings. The number of hydrogen-bond acceptors (Lipinski definition) is 8. The van der Waals surface area contributed by atoms with Gasteiger partial charge < -0.3 is 19.2 Å². The normalized spacial score (nSPS) is 10.6. The molecule has 118 valence electrons. The minimum Gasteiger partial charge on any atom is -0.489 e. The fourth-order valence-corrected chi connectivity index (χ4v) is 1.60. The molecule has 22 heavy (non-hydrogen) atoms. The second-order valence-electron chi connectivity index (χ2n) is 4.23. The van der Waals surface area contributed by atoms with Gasteiger partial charge in [0.05, 0.1) is 25.1 Å². The fraction of sp³-hybridized carbons (Fsp3) is 0.385. The zero-order valence-corrected chi connectivity index (χ0v) is 12.0. The summed E-state index contributed by atoms with van der Waals surface area (Å²) in [7, 11) is 1.64. The van der Waals surface area contributed by atoms with E-state index < -0.39 is 4.92 Å².